The summed E-state index contributed by atoms with van der Waals surface area (Å²) < 4.78 is 0. The Balaban J connectivity index is 1.87. The van der Waals surface area contributed by atoms with Crippen LogP contribution in [0.3, 0.4) is 0 Å². The lowest BCUT2D eigenvalue weighted by Crippen LogP contribution is -2.29. The molecule has 2 aromatic carbocycles. The van der Waals surface area contributed by atoms with Gasteiger partial charge in [-0.15, -0.1) is 0 Å². The van der Waals surface area contributed by atoms with Gasteiger partial charge in [-0.3, -0.25) is 10.1 Å². The van der Waals surface area contributed by atoms with Crippen molar-refractivity contribution >= 4 is 34.6 Å². The molecule has 0 amide bonds. The number of anilines is 1. The fraction of sp³-hybridized carbons (Fsp3) is 0.222. The van der Waals surface area contributed by atoms with E-state index in [1.54, 1.807) is 18.2 Å². The van der Waals surface area contributed by atoms with Crippen molar-refractivity contribution in [2.24, 2.45) is 5.92 Å². The summed E-state index contributed by atoms with van der Waals surface area (Å²) in [5.74, 6) is 0.400. The Morgan fingerprint density at radius 1 is 1.12 bits per heavy atom. The van der Waals surface area contributed by atoms with Gasteiger partial charge >= 0.3 is 0 Å². The smallest absolute Gasteiger partial charge is 0.274 e. The van der Waals surface area contributed by atoms with E-state index >= 15 is 0 Å². The second kappa shape index (κ2) is 5.80. The van der Waals surface area contributed by atoms with Crippen LogP contribution in [0.5, 0.6) is 0 Å². The molecule has 6 heteroatoms. The van der Waals surface area contributed by atoms with E-state index in [1.807, 2.05) is 18.2 Å². The van der Waals surface area contributed by atoms with E-state index in [2.05, 4.69) is 17.5 Å². The van der Waals surface area contributed by atoms with Gasteiger partial charge in [-0.1, -0.05) is 59.6 Å². The number of allylic oxidation sites excluding steroid dienone is 2. The van der Waals surface area contributed by atoms with Crippen molar-refractivity contribution in [1.82, 2.24) is 0 Å². The minimum absolute atomic E-state index is 0.127. The lowest BCUT2D eigenvalue weighted by Gasteiger charge is -2.37. The van der Waals surface area contributed by atoms with Crippen molar-refractivity contribution in [3.05, 3.63) is 79.8 Å². The molecular formula is C18H14Cl2N2O2. The Hall–Kier alpha value is -2.04. The molecule has 1 heterocycles. The number of rotatable bonds is 2. The van der Waals surface area contributed by atoms with Gasteiger partial charge in [0.25, 0.3) is 5.69 Å². The number of nitrogens with zero attached hydrogens (tertiary/aromatic N) is 1. The highest BCUT2D eigenvalue weighted by atomic mass is 35.5. The van der Waals surface area contributed by atoms with Crippen molar-refractivity contribution in [3.8, 4) is 0 Å². The molecule has 4 rings (SSSR count). The monoisotopic (exact) mass is 360 g/mol. The highest BCUT2D eigenvalue weighted by molar-refractivity contribution is 6.43. The van der Waals surface area contributed by atoms with Gasteiger partial charge in [-0.05, 0) is 24.0 Å². The van der Waals surface area contributed by atoms with Gasteiger partial charge in [-0.2, -0.15) is 0 Å². The number of para-hydroxylation sites is 1. The summed E-state index contributed by atoms with van der Waals surface area (Å²) in [5, 5.41) is 15.8. The molecule has 1 aliphatic heterocycles. The van der Waals surface area contributed by atoms with Crippen molar-refractivity contribution < 1.29 is 4.92 Å². The van der Waals surface area contributed by atoms with Crippen LogP contribution >= 0.6 is 23.2 Å². The van der Waals surface area contributed by atoms with E-state index in [-0.39, 0.29) is 28.5 Å². The predicted octanol–water partition coefficient (Wildman–Crippen LogP) is 5.73. The van der Waals surface area contributed by atoms with Crippen LogP contribution in [-0.2, 0) is 0 Å². The Labute approximate surface area is 149 Å². The van der Waals surface area contributed by atoms with E-state index in [1.165, 1.54) is 0 Å². The molecule has 0 fully saturated rings. The van der Waals surface area contributed by atoms with Crippen LogP contribution < -0.4 is 5.32 Å². The number of hydrogen-bond acceptors (Lipinski definition) is 3. The van der Waals surface area contributed by atoms with E-state index in [0.717, 1.165) is 17.7 Å². The summed E-state index contributed by atoms with van der Waals surface area (Å²) >= 11 is 12.6. The molecule has 1 N–H and O–H groups in total. The minimum atomic E-state index is -0.330. The topological polar surface area (TPSA) is 55.2 Å². The van der Waals surface area contributed by atoms with Crippen LogP contribution in [-0.4, -0.2) is 4.92 Å². The first-order valence-electron chi connectivity index (χ1n) is 7.72. The average Bonchev–Trinajstić information content (AvgIpc) is 3.07. The van der Waals surface area contributed by atoms with Gasteiger partial charge in [0.1, 0.15) is 0 Å². The molecule has 3 atom stereocenters. The molecule has 0 aromatic heterocycles. The highest BCUT2D eigenvalue weighted by Crippen LogP contribution is 2.53. The van der Waals surface area contributed by atoms with Gasteiger partial charge in [0.2, 0.25) is 0 Å². The Kier molecular flexibility index (Phi) is 3.74. The van der Waals surface area contributed by atoms with Crippen LogP contribution in [0.1, 0.15) is 29.5 Å². The quantitative estimate of drug-likeness (QED) is 0.422. The summed E-state index contributed by atoms with van der Waals surface area (Å²) in [6.45, 7) is 0. The van der Waals surface area contributed by atoms with Crippen LogP contribution in [0.15, 0.2) is 48.6 Å². The molecule has 1 aliphatic carbocycles. The molecule has 0 saturated carbocycles. The van der Waals surface area contributed by atoms with Crippen LogP contribution in [0, 0.1) is 16.0 Å². The summed E-state index contributed by atoms with van der Waals surface area (Å²) in [5.41, 5.74) is 2.68. The first kappa shape index (κ1) is 15.5. The van der Waals surface area contributed by atoms with Gasteiger partial charge in [0.15, 0.2) is 0 Å². The zero-order valence-corrected chi connectivity index (χ0v) is 14.1. The number of nitrogens with one attached hydrogen (secondary N) is 1. The van der Waals surface area contributed by atoms with Crippen molar-refractivity contribution in [2.45, 2.75) is 18.4 Å². The predicted molar refractivity (Wildman–Crippen MR) is 95.9 cm³/mol. The van der Waals surface area contributed by atoms with Gasteiger partial charge < -0.3 is 5.32 Å². The van der Waals surface area contributed by atoms with Crippen molar-refractivity contribution in [2.75, 3.05) is 5.32 Å². The number of nitro benzene ring substituents is 1. The van der Waals surface area contributed by atoms with Gasteiger partial charge in [0, 0.05) is 12.0 Å². The van der Waals surface area contributed by atoms with Gasteiger partial charge in [0.05, 0.1) is 32.3 Å². The molecule has 122 valence electrons. The fourth-order valence-corrected chi connectivity index (χ4v) is 4.21. The van der Waals surface area contributed by atoms with Crippen molar-refractivity contribution in [1.29, 1.82) is 0 Å². The van der Waals surface area contributed by atoms with Crippen LogP contribution in [0.25, 0.3) is 0 Å². The first-order valence-corrected chi connectivity index (χ1v) is 8.48. The molecule has 2 aromatic rings. The summed E-state index contributed by atoms with van der Waals surface area (Å²) in [4.78, 5) is 11.1. The number of fused-ring (bicyclic) bond motifs is 3. The summed E-state index contributed by atoms with van der Waals surface area (Å²) in [6.07, 6.45) is 5.17. The van der Waals surface area contributed by atoms with E-state index in [9.17, 15) is 10.1 Å². The summed E-state index contributed by atoms with van der Waals surface area (Å²) in [7, 11) is 0. The highest BCUT2D eigenvalue weighted by Gasteiger charge is 2.41. The van der Waals surface area contributed by atoms with Crippen LogP contribution in [0.2, 0.25) is 10.0 Å². The number of nitro groups is 1. The van der Waals surface area contributed by atoms with Gasteiger partial charge in [-0.25, -0.2) is 0 Å². The molecule has 3 unspecified atom stereocenters. The lowest BCUT2D eigenvalue weighted by molar-refractivity contribution is -0.385. The number of benzene rings is 2. The third-order valence-corrected chi connectivity index (χ3v) is 5.70. The third-order valence-electron chi connectivity index (χ3n) is 4.90. The zero-order chi connectivity index (χ0) is 16.8. The SMILES string of the molecule is O=[N+]([O-])c1ccccc1C1Nc2c(ccc(Cl)c2Cl)C2C=CCC21. The average molecular weight is 361 g/mol. The van der Waals surface area contributed by atoms with E-state index in [4.69, 9.17) is 23.2 Å². The maximum absolute atomic E-state index is 11.4. The molecule has 0 bridgehead atoms. The maximum atomic E-state index is 11.4. The summed E-state index contributed by atoms with van der Waals surface area (Å²) in [6, 6.07) is 10.5. The molecule has 0 spiro atoms. The normalized spacial score (nSPS) is 24.2. The standard InChI is InChI=1S/C18H14Cl2N2O2/c19-14-9-8-12-10-5-3-6-11(10)17(21-18(12)16(14)20)13-4-1-2-7-15(13)22(23)24/h1-5,7-11,17,21H,6H2. The molecular weight excluding hydrogens is 347 g/mol. The number of hydrogen-bond donors (Lipinski definition) is 1. The number of halogens is 2. The van der Waals surface area contributed by atoms with Crippen LogP contribution in [0.4, 0.5) is 11.4 Å². The second-order valence-corrected chi connectivity index (χ2v) is 6.90. The molecule has 4 nitrogen and oxygen atoms in total. The minimum Gasteiger partial charge on any atom is -0.376 e. The maximum Gasteiger partial charge on any atom is 0.274 e. The fourth-order valence-electron chi connectivity index (χ4n) is 3.83. The zero-order valence-electron chi connectivity index (χ0n) is 12.6. The van der Waals surface area contributed by atoms with E-state index in [0.29, 0.717) is 15.6 Å². The second-order valence-electron chi connectivity index (χ2n) is 6.12. The Bertz CT molecular complexity index is 866. The van der Waals surface area contributed by atoms with E-state index < -0.39 is 0 Å². The molecule has 0 saturated heterocycles. The first-order chi connectivity index (χ1) is 11.6. The van der Waals surface area contributed by atoms with Crippen molar-refractivity contribution in [3.63, 3.8) is 0 Å². The largest absolute Gasteiger partial charge is 0.376 e. The molecule has 24 heavy (non-hydrogen) atoms. The molecule has 0 radical (unpaired) electrons. The Morgan fingerprint density at radius 3 is 2.71 bits per heavy atom. The molecule has 2 aliphatic rings. The lowest BCUT2D eigenvalue weighted by atomic mass is 9.76. The Morgan fingerprint density at radius 2 is 1.92 bits per heavy atom. The third kappa shape index (κ3) is 2.29.